The van der Waals surface area contributed by atoms with Gasteiger partial charge >= 0.3 is 0 Å². The summed E-state index contributed by atoms with van der Waals surface area (Å²) in [6, 6.07) is 22.3. The second-order valence-corrected chi connectivity index (χ2v) is 8.20. The van der Waals surface area contributed by atoms with Gasteiger partial charge in [0, 0.05) is 11.1 Å². The minimum absolute atomic E-state index is 0. The SMILES string of the molecule is CCCCCC[N+](CCCCCC)(Cc1ccccc1)Cc1ccccc1.[I-]. The molecule has 0 aliphatic rings. The van der Waals surface area contributed by atoms with Crippen molar-refractivity contribution in [3.05, 3.63) is 71.8 Å². The molecule has 0 fully saturated rings. The van der Waals surface area contributed by atoms with Gasteiger partial charge in [-0.15, -0.1) is 0 Å². The maximum absolute atomic E-state index is 2.32. The van der Waals surface area contributed by atoms with Crippen LogP contribution in [0.5, 0.6) is 0 Å². The Labute approximate surface area is 191 Å². The average molecular weight is 494 g/mol. The summed E-state index contributed by atoms with van der Waals surface area (Å²) in [5, 5.41) is 0. The molecule has 2 aromatic carbocycles. The molecule has 0 amide bonds. The van der Waals surface area contributed by atoms with Crippen LogP contribution in [0.3, 0.4) is 0 Å². The van der Waals surface area contributed by atoms with Gasteiger partial charge in [-0.05, 0) is 25.7 Å². The van der Waals surface area contributed by atoms with Crippen LogP contribution in [0.4, 0.5) is 0 Å². The van der Waals surface area contributed by atoms with Crippen molar-refractivity contribution in [2.45, 2.75) is 78.3 Å². The highest BCUT2D eigenvalue weighted by atomic mass is 127. The average Bonchev–Trinajstić information content (AvgIpc) is 2.70. The van der Waals surface area contributed by atoms with Gasteiger partial charge in [-0.2, -0.15) is 0 Å². The number of halogens is 1. The molecular formula is C26H40IN. The normalized spacial score (nSPS) is 11.2. The summed E-state index contributed by atoms with van der Waals surface area (Å²) in [5.41, 5.74) is 2.97. The van der Waals surface area contributed by atoms with E-state index >= 15 is 0 Å². The van der Waals surface area contributed by atoms with E-state index < -0.39 is 0 Å². The topological polar surface area (TPSA) is 0 Å². The van der Waals surface area contributed by atoms with Crippen LogP contribution in [0.2, 0.25) is 0 Å². The zero-order chi connectivity index (χ0) is 19.2. The zero-order valence-corrected chi connectivity index (χ0v) is 20.2. The molecule has 2 aromatic rings. The van der Waals surface area contributed by atoms with Gasteiger partial charge in [0.25, 0.3) is 0 Å². The van der Waals surface area contributed by atoms with Crippen molar-refractivity contribution in [2.75, 3.05) is 13.1 Å². The van der Waals surface area contributed by atoms with E-state index in [1.807, 2.05) is 0 Å². The van der Waals surface area contributed by atoms with Gasteiger partial charge < -0.3 is 28.5 Å². The van der Waals surface area contributed by atoms with E-state index in [9.17, 15) is 0 Å². The Kier molecular flexibility index (Phi) is 13.5. The lowest BCUT2D eigenvalue weighted by molar-refractivity contribution is -0.954. The monoisotopic (exact) mass is 493 g/mol. The van der Waals surface area contributed by atoms with Crippen molar-refractivity contribution in [1.82, 2.24) is 0 Å². The first-order valence-electron chi connectivity index (χ1n) is 11.2. The standard InChI is InChI=1S/C26H40N.HI/c1-3-5-7-15-21-27(22-16-8-6-4-2,23-25-17-11-9-12-18-25)24-26-19-13-10-14-20-26;/h9-14,17-20H,3-8,15-16,21-24H2,1-2H3;1H/q+1;/p-1. The van der Waals surface area contributed by atoms with E-state index in [1.54, 1.807) is 0 Å². The Morgan fingerprint density at radius 2 is 0.929 bits per heavy atom. The number of hydrogen-bond acceptors (Lipinski definition) is 0. The highest BCUT2D eigenvalue weighted by molar-refractivity contribution is 5.15. The van der Waals surface area contributed by atoms with Crippen LogP contribution >= 0.6 is 0 Å². The summed E-state index contributed by atoms with van der Waals surface area (Å²) in [6.07, 6.45) is 10.8. The Bertz CT molecular complexity index is 541. The molecule has 0 heterocycles. The first-order valence-corrected chi connectivity index (χ1v) is 11.2. The third-order valence-electron chi connectivity index (χ3n) is 5.69. The van der Waals surface area contributed by atoms with Crippen LogP contribution in [-0.2, 0) is 13.1 Å². The first-order chi connectivity index (χ1) is 13.3. The van der Waals surface area contributed by atoms with E-state index in [-0.39, 0.29) is 24.0 Å². The van der Waals surface area contributed by atoms with Crippen molar-refractivity contribution in [2.24, 2.45) is 0 Å². The quantitative estimate of drug-likeness (QED) is 0.208. The van der Waals surface area contributed by atoms with E-state index in [2.05, 4.69) is 74.5 Å². The number of nitrogens with zero attached hydrogens (tertiary/aromatic N) is 1. The van der Waals surface area contributed by atoms with Crippen molar-refractivity contribution >= 4 is 0 Å². The van der Waals surface area contributed by atoms with Crippen LogP contribution in [0.1, 0.15) is 76.3 Å². The fourth-order valence-corrected chi connectivity index (χ4v) is 4.17. The molecule has 156 valence electrons. The highest BCUT2D eigenvalue weighted by Crippen LogP contribution is 2.23. The maximum atomic E-state index is 2.32. The predicted molar refractivity (Wildman–Crippen MR) is 119 cm³/mol. The molecule has 0 bridgehead atoms. The molecule has 0 aliphatic carbocycles. The molecule has 0 saturated carbocycles. The molecule has 1 nitrogen and oxygen atoms in total. The highest BCUT2D eigenvalue weighted by Gasteiger charge is 2.27. The lowest BCUT2D eigenvalue weighted by Gasteiger charge is -2.39. The fraction of sp³-hybridized carbons (Fsp3) is 0.538. The molecule has 0 atom stereocenters. The Morgan fingerprint density at radius 3 is 1.29 bits per heavy atom. The summed E-state index contributed by atoms with van der Waals surface area (Å²) in [6.45, 7) is 9.54. The van der Waals surface area contributed by atoms with Crippen LogP contribution in [0.25, 0.3) is 0 Å². The Balaban J connectivity index is 0.00000392. The molecule has 0 spiro atoms. The molecular weight excluding hydrogens is 453 g/mol. The van der Waals surface area contributed by atoms with Gasteiger partial charge in [-0.3, -0.25) is 0 Å². The van der Waals surface area contributed by atoms with Gasteiger partial charge in [-0.25, -0.2) is 0 Å². The summed E-state index contributed by atoms with van der Waals surface area (Å²) >= 11 is 0. The van der Waals surface area contributed by atoms with Gasteiger partial charge in [0.15, 0.2) is 0 Å². The van der Waals surface area contributed by atoms with Gasteiger partial charge in [0.2, 0.25) is 0 Å². The largest absolute Gasteiger partial charge is 1.00 e. The van der Waals surface area contributed by atoms with E-state index in [1.165, 1.54) is 80.1 Å². The fourth-order valence-electron chi connectivity index (χ4n) is 4.17. The molecule has 2 heteroatoms. The molecule has 0 N–H and O–H groups in total. The minimum atomic E-state index is 0. The molecule has 0 aromatic heterocycles. The number of benzene rings is 2. The van der Waals surface area contributed by atoms with E-state index in [0.29, 0.717) is 0 Å². The summed E-state index contributed by atoms with van der Waals surface area (Å²) < 4.78 is 1.21. The second kappa shape index (κ2) is 15.0. The van der Waals surface area contributed by atoms with Gasteiger partial charge in [0.05, 0.1) is 13.1 Å². The zero-order valence-electron chi connectivity index (χ0n) is 18.1. The van der Waals surface area contributed by atoms with Crippen molar-refractivity contribution < 1.29 is 28.5 Å². The van der Waals surface area contributed by atoms with Gasteiger partial charge in [0.1, 0.15) is 13.1 Å². The number of unbranched alkanes of at least 4 members (excludes halogenated alkanes) is 6. The molecule has 0 aliphatic heterocycles. The molecule has 2 rings (SSSR count). The molecule has 0 saturated heterocycles. The summed E-state index contributed by atoms with van der Waals surface area (Å²) in [7, 11) is 0. The van der Waals surface area contributed by atoms with Crippen LogP contribution in [0, 0.1) is 0 Å². The Hall–Kier alpha value is -0.870. The predicted octanol–water partition coefficient (Wildman–Crippen LogP) is 4.37. The molecule has 0 radical (unpaired) electrons. The third kappa shape index (κ3) is 9.56. The molecule has 0 unspecified atom stereocenters. The number of rotatable bonds is 14. The van der Waals surface area contributed by atoms with E-state index in [0.717, 1.165) is 13.1 Å². The first kappa shape index (κ1) is 25.2. The lowest BCUT2D eigenvalue weighted by atomic mass is 10.1. The third-order valence-corrected chi connectivity index (χ3v) is 5.69. The van der Waals surface area contributed by atoms with Crippen molar-refractivity contribution in [3.8, 4) is 0 Å². The smallest absolute Gasteiger partial charge is 0.105 e. The van der Waals surface area contributed by atoms with Gasteiger partial charge in [-0.1, -0.05) is 100 Å². The summed E-state index contributed by atoms with van der Waals surface area (Å²) in [4.78, 5) is 0. The van der Waals surface area contributed by atoms with E-state index in [4.69, 9.17) is 0 Å². The van der Waals surface area contributed by atoms with Crippen LogP contribution < -0.4 is 24.0 Å². The minimum Gasteiger partial charge on any atom is -1.00 e. The second-order valence-electron chi connectivity index (χ2n) is 8.20. The summed E-state index contributed by atoms with van der Waals surface area (Å²) in [5.74, 6) is 0. The van der Waals surface area contributed by atoms with Crippen LogP contribution in [0.15, 0.2) is 60.7 Å². The Morgan fingerprint density at radius 1 is 0.536 bits per heavy atom. The number of hydrogen-bond donors (Lipinski definition) is 0. The van der Waals surface area contributed by atoms with Crippen molar-refractivity contribution in [1.29, 1.82) is 0 Å². The number of quaternary nitrogens is 1. The maximum Gasteiger partial charge on any atom is 0.105 e. The lowest BCUT2D eigenvalue weighted by Crippen LogP contribution is -3.00. The molecule has 28 heavy (non-hydrogen) atoms. The van der Waals surface area contributed by atoms with Crippen molar-refractivity contribution in [3.63, 3.8) is 0 Å². The van der Waals surface area contributed by atoms with Crippen LogP contribution in [-0.4, -0.2) is 17.6 Å².